The predicted molar refractivity (Wildman–Crippen MR) is 92.7 cm³/mol. The van der Waals surface area contributed by atoms with E-state index >= 15 is 0 Å². The quantitative estimate of drug-likeness (QED) is 0.295. The molecule has 0 aliphatic carbocycles. The average molecular weight is 299 g/mol. The fourth-order valence-electron chi connectivity index (χ4n) is 2.51. The summed E-state index contributed by atoms with van der Waals surface area (Å²) in [7, 11) is 1.77. The molecule has 21 heavy (non-hydrogen) atoms. The van der Waals surface area contributed by atoms with Gasteiger partial charge < -0.3 is 9.84 Å². The molecule has 0 heterocycles. The van der Waals surface area contributed by atoms with Gasteiger partial charge in [0.15, 0.2) is 0 Å². The number of allylic oxidation sites excluding steroid dienone is 1. The predicted octanol–water partition coefficient (Wildman–Crippen LogP) is 5.64. The molecule has 0 spiro atoms. The van der Waals surface area contributed by atoms with E-state index in [1.54, 1.807) is 7.11 Å². The molecule has 0 saturated heterocycles. The zero-order valence-electron chi connectivity index (χ0n) is 14.5. The Balaban J connectivity index is 3.20. The molecule has 0 saturated carbocycles. The molecule has 0 bridgehead atoms. The Hall–Kier alpha value is -0.340. The van der Waals surface area contributed by atoms with E-state index in [1.807, 2.05) is 0 Å². The van der Waals surface area contributed by atoms with Crippen molar-refractivity contribution in [3.8, 4) is 0 Å². The van der Waals surface area contributed by atoms with E-state index in [0.29, 0.717) is 0 Å². The summed E-state index contributed by atoms with van der Waals surface area (Å²) in [5, 5.41) is 9.83. The van der Waals surface area contributed by atoms with Gasteiger partial charge in [0, 0.05) is 13.7 Å². The molecular weight excluding hydrogens is 260 g/mol. The van der Waals surface area contributed by atoms with E-state index < -0.39 is 0 Å². The number of rotatable bonds is 16. The average Bonchev–Trinajstić information content (AvgIpc) is 2.49. The lowest BCUT2D eigenvalue weighted by Gasteiger charge is -2.07. The molecule has 126 valence electrons. The van der Waals surface area contributed by atoms with Crippen molar-refractivity contribution >= 4 is 0 Å². The van der Waals surface area contributed by atoms with Crippen molar-refractivity contribution in [2.24, 2.45) is 0 Å². The van der Waals surface area contributed by atoms with Crippen LogP contribution in [0.4, 0.5) is 0 Å². The Morgan fingerprint density at radius 3 is 2.24 bits per heavy atom. The van der Waals surface area contributed by atoms with Crippen LogP contribution in [0.25, 0.3) is 0 Å². The van der Waals surface area contributed by atoms with Crippen LogP contribution in [0.5, 0.6) is 0 Å². The van der Waals surface area contributed by atoms with E-state index in [1.165, 1.54) is 70.6 Å². The van der Waals surface area contributed by atoms with Crippen molar-refractivity contribution in [2.45, 2.75) is 96.5 Å². The van der Waals surface area contributed by atoms with Gasteiger partial charge in [-0.05, 0) is 32.1 Å². The van der Waals surface area contributed by atoms with Gasteiger partial charge in [-0.1, -0.05) is 70.4 Å². The second-order valence-corrected chi connectivity index (χ2v) is 6.11. The molecule has 0 aliphatic heterocycles. The minimum Gasteiger partial charge on any atom is -0.393 e. The first-order valence-electron chi connectivity index (χ1n) is 9.13. The number of hydrogen-bond acceptors (Lipinski definition) is 2. The summed E-state index contributed by atoms with van der Waals surface area (Å²) in [6, 6.07) is 0. The van der Waals surface area contributed by atoms with Crippen molar-refractivity contribution in [3.05, 3.63) is 12.2 Å². The third kappa shape index (κ3) is 17.6. The van der Waals surface area contributed by atoms with Crippen molar-refractivity contribution in [3.63, 3.8) is 0 Å². The van der Waals surface area contributed by atoms with Gasteiger partial charge in [0.1, 0.15) is 0 Å². The van der Waals surface area contributed by atoms with Crippen LogP contribution >= 0.6 is 0 Å². The summed E-state index contributed by atoms with van der Waals surface area (Å²) in [6.07, 6.45) is 20.1. The van der Waals surface area contributed by atoms with Crippen molar-refractivity contribution < 1.29 is 9.84 Å². The number of methoxy groups -OCH3 is 1. The van der Waals surface area contributed by atoms with Crippen LogP contribution in [-0.4, -0.2) is 24.9 Å². The van der Waals surface area contributed by atoms with Crippen LogP contribution in [0.1, 0.15) is 90.4 Å². The smallest absolute Gasteiger partial charge is 0.0574 e. The maximum absolute atomic E-state index is 9.83. The van der Waals surface area contributed by atoms with Gasteiger partial charge in [-0.25, -0.2) is 0 Å². The summed E-state index contributed by atoms with van der Waals surface area (Å²) >= 11 is 0. The molecule has 1 atom stereocenters. The van der Waals surface area contributed by atoms with Crippen LogP contribution in [-0.2, 0) is 4.74 Å². The Labute approximate surface area is 133 Å². The maximum atomic E-state index is 9.83. The van der Waals surface area contributed by atoms with Gasteiger partial charge in [-0.3, -0.25) is 0 Å². The highest BCUT2D eigenvalue weighted by Crippen LogP contribution is 2.10. The molecule has 0 radical (unpaired) electrons. The molecule has 1 unspecified atom stereocenters. The number of unbranched alkanes of at least 4 members (excludes halogenated alkanes) is 9. The van der Waals surface area contributed by atoms with E-state index in [9.17, 15) is 5.11 Å². The van der Waals surface area contributed by atoms with Gasteiger partial charge in [0.2, 0.25) is 0 Å². The third-order valence-corrected chi connectivity index (χ3v) is 3.93. The van der Waals surface area contributed by atoms with E-state index in [0.717, 1.165) is 19.4 Å². The fraction of sp³-hybridized carbons (Fsp3) is 0.895. The summed E-state index contributed by atoms with van der Waals surface area (Å²) in [4.78, 5) is 0. The van der Waals surface area contributed by atoms with Crippen molar-refractivity contribution in [2.75, 3.05) is 13.7 Å². The first kappa shape index (κ1) is 20.7. The molecule has 0 rings (SSSR count). The molecule has 0 fully saturated rings. The Kier molecular flexibility index (Phi) is 17.4. The molecule has 2 nitrogen and oxygen atoms in total. The van der Waals surface area contributed by atoms with Crippen molar-refractivity contribution in [1.29, 1.82) is 0 Å². The molecule has 1 N–H and O–H groups in total. The lowest BCUT2D eigenvalue weighted by atomic mass is 10.1. The second-order valence-electron chi connectivity index (χ2n) is 6.11. The molecule has 2 heteroatoms. The summed E-state index contributed by atoms with van der Waals surface area (Å²) in [6.45, 7) is 3.13. The molecule has 0 aromatic rings. The zero-order chi connectivity index (χ0) is 15.6. The topological polar surface area (TPSA) is 29.5 Å². The van der Waals surface area contributed by atoms with Gasteiger partial charge in [-0.2, -0.15) is 0 Å². The third-order valence-electron chi connectivity index (χ3n) is 3.93. The van der Waals surface area contributed by atoms with Crippen LogP contribution in [0, 0.1) is 0 Å². The highest BCUT2D eigenvalue weighted by atomic mass is 16.5. The Morgan fingerprint density at radius 2 is 1.52 bits per heavy atom. The molecule has 0 aliphatic rings. The van der Waals surface area contributed by atoms with E-state index in [4.69, 9.17) is 4.74 Å². The monoisotopic (exact) mass is 298 g/mol. The van der Waals surface area contributed by atoms with E-state index in [2.05, 4.69) is 19.1 Å². The SMILES string of the molecule is CCCCCCC(O)C/C=C/CCCCCCCCOC. The number of aliphatic hydroxyl groups is 1. The molecule has 0 aromatic heterocycles. The van der Waals surface area contributed by atoms with Crippen LogP contribution in [0.15, 0.2) is 12.2 Å². The highest BCUT2D eigenvalue weighted by Gasteiger charge is 2.00. The lowest BCUT2D eigenvalue weighted by Crippen LogP contribution is -2.04. The van der Waals surface area contributed by atoms with Gasteiger partial charge >= 0.3 is 0 Å². The summed E-state index contributed by atoms with van der Waals surface area (Å²) in [5.74, 6) is 0. The number of aliphatic hydroxyl groups excluding tert-OH is 1. The standard InChI is InChI=1S/C19H38O2/c1-3-4-5-13-16-19(20)17-14-11-9-7-6-8-10-12-15-18-21-2/h11,14,19-20H,3-10,12-13,15-18H2,1-2H3/b14-11+. The highest BCUT2D eigenvalue weighted by molar-refractivity contribution is 4.83. The Morgan fingerprint density at radius 1 is 0.857 bits per heavy atom. The van der Waals surface area contributed by atoms with Crippen LogP contribution in [0.2, 0.25) is 0 Å². The second kappa shape index (κ2) is 17.7. The van der Waals surface area contributed by atoms with Crippen molar-refractivity contribution in [1.82, 2.24) is 0 Å². The minimum absolute atomic E-state index is 0.126. The van der Waals surface area contributed by atoms with Gasteiger partial charge in [-0.15, -0.1) is 0 Å². The first-order chi connectivity index (χ1) is 10.3. The largest absolute Gasteiger partial charge is 0.393 e. The van der Waals surface area contributed by atoms with Crippen LogP contribution in [0.3, 0.4) is 0 Å². The van der Waals surface area contributed by atoms with Gasteiger partial charge in [0.05, 0.1) is 6.10 Å². The summed E-state index contributed by atoms with van der Waals surface area (Å²) in [5.41, 5.74) is 0. The fourth-order valence-corrected chi connectivity index (χ4v) is 2.51. The zero-order valence-corrected chi connectivity index (χ0v) is 14.5. The Bertz CT molecular complexity index is 214. The maximum Gasteiger partial charge on any atom is 0.0574 e. The molecule has 0 amide bonds. The normalized spacial score (nSPS) is 13.1. The van der Waals surface area contributed by atoms with Crippen LogP contribution < -0.4 is 0 Å². The summed E-state index contributed by atoms with van der Waals surface area (Å²) < 4.78 is 5.04. The number of hydrogen-bond donors (Lipinski definition) is 1. The lowest BCUT2D eigenvalue weighted by molar-refractivity contribution is 0.163. The van der Waals surface area contributed by atoms with Gasteiger partial charge in [0.25, 0.3) is 0 Å². The number of ether oxygens (including phenoxy) is 1. The first-order valence-corrected chi connectivity index (χ1v) is 9.13. The molecular formula is C19H38O2. The minimum atomic E-state index is -0.126. The van der Waals surface area contributed by atoms with E-state index in [-0.39, 0.29) is 6.10 Å². The molecule has 0 aromatic carbocycles.